The summed E-state index contributed by atoms with van der Waals surface area (Å²) in [6.07, 6.45) is 0.894. The minimum atomic E-state index is -0.179. The van der Waals surface area contributed by atoms with E-state index in [-0.39, 0.29) is 5.91 Å². The summed E-state index contributed by atoms with van der Waals surface area (Å²) in [4.78, 5) is 12.0. The summed E-state index contributed by atoms with van der Waals surface area (Å²) in [5.74, 6) is -0.179. The van der Waals surface area contributed by atoms with Crippen molar-refractivity contribution in [2.24, 2.45) is 0 Å². The van der Waals surface area contributed by atoms with Crippen molar-refractivity contribution in [2.75, 3.05) is 6.54 Å². The van der Waals surface area contributed by atoms with Crippen LogP contribution in [0.2, 0.25) is 0 Å². The number of nitrogens with one attached hydrogen (secondary N) is 1. The normalized spacial score (nSPS) is 10.6. The number of hydrogen-bond donors (Lipinski definition) is 1. The zero-order valence-electron chi connectivity index (χ0n) is 12.4. The molecule has 4 nitrogen and oxygen atoms in total. The van der Waals surface area contributed by atoms with Crippen LogP contribution in [0.4, 0.5) is 0 Å². The van der Waals surface area contributed by atoms with Crippen molar-refractivity contribution in [3.8, 4) is 11.1 Å². The highest BCUT2D eigenvalue weighted by atomic mass is 16.1. The predicted octanol–water partition coefficient (Wildman–Crippen LogP) is 3.44. The fourth-order valence-corrected chi connectivity index (χ4v) is 2.36. The Morgan fingerprint density at radius 3 is 2.64 bits per heavy atom. The molecule has 3 aromatic rings. The Morgan fingerprint density at radius 2 is 1.86 bits per heavy atom. The van der Waals surface area contributed by atoms with Gasteiger partial charge >= 0.3 is 0 Å². The molecule has 0 spiro atoms. The third-order valence-corrected chi connectivity index (χ3v) is 3.47. The molecule has 0 saturated heterocycles. The first kappa shape index (κ1) is 14.2. The number of amides is 1. The van der Waals surface area contributed by atoms with Crippen molar-refractivity contribution >= 4 is 16.8 Å². The first-order valence-electron chi connectivity index (χ1n) is 7.39. The average molecular weight is 291 g/mol. The van der Waals surface area contributed by atoms with Gasteiger partial charge in [-0.05, 0) is 18.1 Å². The van der Waals surface area contributed by atoms with Gasteiger partial charge in [-0.2, -0.15) is 0 Å². The number of carbonyl (C=O) groups is 1. The summed E-state index contributed by atoms with van der Waals surface area (Å²) in [6, 6.07) is 17.8. The second-order valence-corrected chi connectivity index (χ2v) is 5.09. The lowest BCUT2D eigenvalue weighted by Gasteiger charge is -2.07. The lowest BCUT2D eigenvalue weighted by molar-refractivity contribution is 0.0948. The van der Waals surface area contributed by atoms with Crippen LogP contribution >= 0.6 is 0 Å². The molecule has 2 aromatic carbocycles. The lowest BCUT2D eigenvalue weighted by atomic mass is 10.0. The number of carbonyl (C=O) groups excluding carboxylic acids is 1. The predicted molar refractivity (Wildman–Crippen MR) is 87.6 cm³/mol. The highest BCUT2D eigenvalue weighted by Gasteiger charge is 2.11. The van der Waals surface area contributed by atoms with Crippen LogP contribution < -0.4 is 5.32 Å². The number of aromatic nitrogens is 2. The second-order valence-electron chi connectivity index (χ2n) is 5.09. The van der Waals surface area contributed by atoms with Crippen LogP contribution in [0.25, 0.3) is 22.0 Å². The van der Waals surface area contributed by atoms with Crippen LogP contribution in [0.5, 0.6) is 0 Å². The van der Waals surface area contributed by atoms with Crippen LogP contribution in [0, 0.1) is 0 Å². The Hall–Kier alpha value is -2.75. The van der Waals surface area contributed by atoms with Crippen molar-refractivity contribution in [3.63, 3.8) is 0 Å². The smallest absolute Gasteiger partial charge is 0.271 e. The maximum atomic E-state index is 12.0. The van der Waals surface area contributed by atoms with E-state index in [1.165, 1.54) is 0 Å². The average Bonchev–Trinajstić information content (AvgIpc) is 2.59. The van der Waals surface area contributed by atoms with Crippen molar-refractivity contribution < 1.29 is 4.79 Å². The summed E-state index contributed by atoms with van der Waals surface area (Å²) >= 11 is 0. The molecule has 0 radical (unpaired) electrons. The van der Waals surface area contributed by atoms with Gasteiger partial charge in [0.25, 0.3) is 5.91 Å². The minimum Gasteiger partial charge on any atom is -0.351 e. The maximum Gasteiger partial charge on any atom is 0.271 e. The Morgan fingerprint density at radius 1 is 1.05 bits per heavy atom. The monoisotopic (exact) mass is 291 g/mol. The van der Waals surface area contributed by atoms with E-state index < -0.39 is 0 Å². The van der Waals surface area contributed by atoms with E-state index in [0.717, 1.165) is 28.5 Å². The molecular weight excluding hydrogens is 274 g/mol. The van der Waals surface area contributed by atoms with Crippen molar-refractivity contribution in [1.29, 1.82) is 0 Å². The molecule has 1 N–H and O–H groups in total. The van der Waals surface area contributed by atoms with Crippen LogP contribution in [-0.2, 0) is 0 Å². The second kappa shape index (κ2) is 6.35. The van der Waals surface area contributed by atoms with Gasteiger partial charge in [0.1, 0.15) is 5.52 Å². The summed E-state index contributed by atoms with van der Waals surface area (Å²) in [7, 11) is 0. The molecule has 0 aliphatic heterocycles. The minimum absolute atomic E-state index is 0.179. The fraction of sp³-hybridized carbons (Fsp3) is 0.167. The molecule has 0 saturated carbocycles. The van der Waals surface area contributed by atoms with Gasteiger partial charge < -0.3 is 5.32 Å². The topological polar surface area (TPSA) is 54.9 Å². The highest BCUT2D eigenvalue weighted by Crippen LogP contribution is 2.26. The molecule has 3 rings (SSSR count). The molecule has 0 fully saturated rings. The van der Waals surface area contributed by atoms with Crippen molar-refractivity contribution in [2.45, 2.75) is 13.3 Å². The number of rotatable bonds is 4. The third kappa shape index (κ3) is 2.81. The van der Waals surface area contributed by atoms with E-state index in [4.69, 9.17) is 0 Å². The van der Waals surface area contributed by atoms with Crippen LogP contribution in [0.1, 0.15) is 23.8 Å². The van der Waals surface area contributed by atoms with Gasteiger partial charge in [-0.3, -0.25) is 4.79 Å². The number of nitrogens with zero attached hydrogens (tertiary/aromatic N) is 2. The van der Waals surface area contributed by atoms with Crippen molar-refractivity contribution in [3.05, 3.63) is 60.3 Å². The van der Waals surface area contributed by atoms with Gasteiger partial charge in [-0.25, -0.2) is 0 Å². The van der Waals surface area contributed by atoms with Gasteiger partial charge in [-0.1, -0.05) is 55.5 Å². The molecule has 1 heterocycles. The Kier molecular flexibility index (Phi) is 4.10. The SMILES string of the molecule is CCCNC(=O)c1cc2cccc(-c3ccccc3)c2nn1. The number of benzene rings is 2. The summed E-state index contributed by atoms with van der Waals surface area (Å²) in [6.45, 7) is 2.65. The number of hydrogen-bond acceptors (Lipinski definition) is 3. The molecular formula is C18H17N3O. The van der Waals surface area contributed by atoms with Crippen LogP contribution in [0.3, 0.4) is 0 Å². The summed E-state index contributed by atoms with van der Waals surface area (Å²) in [5.41, 5.74) is 3.27. The molecule has 0 unspecified atom stereocenters. The fourth-order valence-electron chi connectivity index (χ4n) is 2.36. The van der Waals surface area contributed by atoms with E-state index >= 15 is 0 Å². The molecule has 0 aliphatic carbocycles. The zero-order chi connectivity index (χ0) is 15.4. The molecule has 4 heteroatoms. The van der Waals surface area contributed by atoms with Gasteiger partial charge in [0.15, 0.2) is 5.69 Å². The first-order valence-corrected chi connectivity index (χ1v) is 7.39. The number of fused-ring (bicyclic) bond motifs is 1. The standard InChI is InChI=1S/C18H17N3O/c1-2-11-19-18(22)16-12-14-9-6-10-15(17(14)21-20-16)13-7-4-3-5-8-13/h3-10,12H,2,11H2,1H3,(H,19,22). The van der Waals surface area contributed by atoms with E-state index in [2.05, 4.69) is 15.5 Å². The quantitative estimate of drug-likeness (QED) is 0.801. The van der Waals surface area contributed by atoms with Crippen molar-refractivity contribution in [1.82, 2.24) is 15.5 Å². The van der Waals surface area contributed by atoms with Gasteiger partial charge in [0.05, 0.1) is 0 Å². The van der Waals surface area contributed by atoms with Gasteiger partial charge in [0.2, 0.25) is 0 Å². The molecule has 1 aromatic heterocycles. The van der Waals surface area contributed by atoms with Gasteiger partial charge in [-0.15, -0.1) is 10.2 Å². The van der Waals surface area contributed by atoms with Crippen LogP contribution in [-0.4, -0.2) is 22.6 Å². The van der Waals surface area contributed by atoms with E-state index in [9.17, 15) is 4.79 Å². The molecule has 110 valence electrons. The summed E-state index contributed by atoms with van der Waals surface area (Å²) in [5, 5.41) is 12.1. The molecule has 0 aliphatic rings. The molecule has 22 heavy (non-hydrogen) atoms. The van der Waals surface area contributed by atoms with E-state index in [0.29, 0.717) is 12.2 Å². The lowest BCUT2D eigenvalue weighted by Crippen LogP contribution is -2.25. The maximum absolute atomic E-state index is 12.0. The Bertz CT molecular complexity index is 800. The molecule has 0 atom stereocenters. The van der Waals surface area contributed by atoms with E-state index in [1.54, 1.807) is 6.07 Å². The Balaban J connectivity index is 2.03. The van der Waals surface area contributed by atoms with Crippen LogP contribution in [0.15, 0.2) is 54.6 Å². The summed E-state index contributed by atoms with van der Waals surface area (Å²) < 4.78 is 0. The Labute approximate surface area is 129 Å². The first-order chi connectivity index (χ1) is 10.8. The largest absolute Gasteiger partial charge is 0.351 e. The zero-order valence-corrected chi connectivity index (χ0v) is 12.4. The molecule has 1 amide bonds. The third-order valence-electron chi connectivity index (χ3n) is 3.47. The van der Waals surface area contributed by atoms with Gasteiger partial charge in [0, 0.05) is 17.5 Å². The highest BCUT2D eigenvalue weighted by molar-refractivity contribution is 5.98. The van der Waals surface area contributed by atoms with E-state index in [1.807, 2.05) is 55.5 Å². The molecule has 0 bridgehead atoms.